The normalized spacial score (nSPS) is 20.9. The first-order valence-corrected chi connectivity index (χ1v) is 3.98. The second-order valence-corrected chi connectivity index (χ2v) is 2.73. The topological polar surface area (TPSA) is 0 Å². The number of halogens is 2. The smallest absolute Gasteiger partial charge is 0.0963 e. The van der Waals surface area contributed by atoms with Gasteiger partial charge in [-0.1, -0.05) is 12.2 Å². The average molecular weight is 158 g/mol. The summed E-state index contributed by atoms with van der Waals surface area (Å²) >= 11 is 0. The lowest BCUT2D eigenvalue weighted by atomic mass is 10.1. The van der Waals surface area contributed by atoms with Gasteiger partial charge in [0.2, 0.25) is 0 Å². The van der Waals surface area contributed by atoms with E-state index in [2.05, 4.69) is 0 Å². The highest BCUT2D eigenvalue weighted by atomic mass is 19.1. The monoisotopic (exact) mass is 158 g/mol. The Morgan fingerprint density at radius 3 is 1.55 bits per heavy atom. The van der Waals surface area contributed by atoms with Crippen LogP contribution in [0.5, 0.6) is 0 Å². The highest BCUT2D eigenvalue weighted by molar-refractivity contribution is 5.02. The van der Waals surface area contributed by atoms with Crippen LogP contribution in [0.1, 0.15) is 32.1 Å². The van der Waals surface area contributed by atoms with E-state index in [0.29, 0.717) is 12.8 Å². The van der Waals surface area contributed by atoms with Gasteiger partial charge in [0, 0.05) is 6.42 Å². The molecule has 62 valence electrons. The first-order valence-electron chi connectivity index (χ1n) is 3.98. The van der Waals surface area contributed by atoms with Crippen molar-refractivity contribution in [2.24, 2.45) is 0 Å². The summed E-state index contributed by atoms with van der Waals surface area (Å²) in [5.41, 5.74) is 0. The third kappa shape index (κ3) is 3.30. The predicted molar refractivity (Wildman–Crippen MR) is 41.5 cm³/mol. The van der Waals surface area contributed by atoms with Crippen molar-refractivity contribution in [1.29, 1.82) is 0 Å². The predicted octanol–water partition coefficient (Wildman–Crippen LogP) is 3.66. The molecular formula is C9H12F2. The van der Waals surface area contributed by atoms with Crippen LogP contribution < -0.4 is 0 Å². The minimum atomic E-state index is 0.0602. The molecule has 0 aromatic rings. The number of hydrogen-bond acceptors (Lipinski definition) is 0. The molecule has 0 bridgehead atoms. The number of rotatable bonds is 0. The third-order valence-corrected chi connectivity index (χ3v) is 1.73. The van der Waals surface area contributed by atoms with Crippen molar-refractivity contribution in [3.63, 3.8) is 0 Å². The van der Waals surface area contributed by atoms with E-state index in [1.165, 1.54) is 0 Å². The van der Waals surface area contributed by atoms with Gasteiger partial charge in [-0.2, -0.15) is 0 Å². The van der Waals surface area contributed by atoms with Crippen LogP contribution in [0.25, 0.3) is 0 Å². The van der Waals surface area contributed by atoms with Crippen molar-refractivity contribution in [3.05, 3.63) is 23.8 Å². The number of allylic oxidation sites excluding steroid dienone is 4. The maximum atomic E-state index is 11.8. The Hall–Kier alpha value is -0.660. The van der Waals surface area contributed by atoms with Crippen LogP contribution in [0.3, 0.4) is 0 Å². The van der Waals surface area contributed by atoms with Crippen LogP contribution >= 0.6 is 0 Å². The molecule has 0 spiro atoms. The van der Waals surface area contributed by atoms with E-state index >= 15 is 0 Å². The van der Waals surface area contributed by atoms with E-state index in [4.69, 9.17) is 0 Å². The molecule has 0 unspecified atom stereocenters. The van der Waals surface area contributed by atoms with Gasteiger partial charge >= 0.3 is 0 Å². The van der Waals surface area contributed by atoms with E-state index in [9.17, 15) is 8.78 Å². The van der Waals surface area contributed by atoms with Crippen molar-refractivity contribution >= 4 is 0 Å². The molecular weight excluding hydrogens is 146 g/mol. The molecule has 11 heavy (non-hydrogen) atoms. The molecule has 0 radical (unpaired) electrons. The van der Waals surface area contributed by atoms with Crippen molar-refractivity contribution in [2.75, 3.05) is 0 Å². The van der Waals surface area contributed by atoms with Crippen LogP contribution in [0, 0.1) is 0 Å². The zero-order valence-corrected chi connectivity index (χ0v) is 6.45. The van der Waals surface area contributed by atoms with Gasteiger partial charge in [0.05, 0.1) is 11.7 Å². The largest absolute Gasteiger partial charge is 0.212 e. The molecule has 0 saturated carbocycles. The van der Waals surface area contributed by atoms with Crippen molar-refractivity contribution < 1.29 is 8.78 Å². The SMILES string of the molecule is FC1=CCC1.FC1=CCCC1. The molecule has 2 rings (SSSR count). The second kappa shape index (κ2) is 4.27. The molecule has 2 heteroatoms. The van der Waals surface area contributed by atoms with E-state index in [-0.39, 0.29) is 11.7 Å². The summed E-state index contributed by atoms with van der Waals surface area (Å²) in [7, 11) is 0. The maximum Gasteiger partial charge on any atom is 0.0963 e. The van der Waals surface area contributed by atoms with Crippen LogP contribution in [-0.2, 0) is 0 Å². The lowest BCUT2D eigenvalue weighted by Crippen LogP contribution is -1.83. The minimum Gasteiger partial charge on any atom is -0.212 e. The molecule has 0 aromatic carbocycles. The van der Waals surface area contributed by atoms with Gasteiger partial charge in [-0.15, -0.1) is 0 Å². The first kappa shape index (κ1) is 8.44. The Kier molecular flexibility index (Phi) is 3.27. The molecule has 0 amide bonds. The summed E-state index contributed by atoms with van der Waals surface area (Å²) in [6.07, 6.45) is 7.53. The Bertz CT molecular complexity index is 180. The molecule has 0 aromatic heterocycles. The zero-order chi connectivity index (χ0) is 8.10. The molecule has 0 N–H and O–H groups in total. The van der Waals surface area contributed by atoms with Gasteiger partial charge in [0.25, 0.3) is 0 Å². The van der Waals surface area contributed by atoms with E-state index < -0.39 is 0 Å². The Labute approximate surface area is 65.6 Å². The van der Waals surface area contributed by atoms with Crippen molar-refractivity contribution in [3.8, 4) is 0 Å². The summed E-state index contributed by atoms with van der Waals surface area (Å²) in [5.74, 6) is 0.139. The zero-order valence-electron chi connectivity index (χ0n) is 6.45. The van der Waals surface area contributed by atoms with Gasteiger partial charge in [-0.05, 0) is 25.7 Å². The number of hydrogen-bond donors (Lipinski definition) is 0. The van der Waals surface area contributed by atoms with E-state index in [1.807, 2.05) is 0 Å². The Morgan fingerprint density at radius 1 is 0.909 bits per heavy atom. The Balaban J connectivity index is 0.000000112. The van der Waals surface area contributed by atoms with Crippen molar-refractivity contribution in [2.45, 2.75) is 32.1 Å². The first-order chi connectivity index (χ1) is 5.29. The van der Waals surface area contributed by atoms with Crippen LogP contribution in [-0.4, -0.2) is 0 Å². The Morgan fingerprint density at radius 2 is 1.45 bits per heavy atom. The molecule has 0 aliphatic heterocycles. The fourth-order valence-electron chi connectivity index (χ4n) is 0.885. The van der Waals surface area contributed by atoms with Gasteiger partial charge in [-0.3, -0.25) is 0 Å². The van der Waals surface area contributed by atoms with E-state index in [0.717, 1.165) is 19.3 Å². The summed E-state index contributed by atoms with van der Waals surface area (Å²) in [6, 6.07) is 0. The quantitative estimate of drug-likeness (QED) is 0.504. The highest BCUT2D eigenvalue weighted by Gasteiger charge is 2.00. The van der Waals surface area contributed by atoms with Gasteiger partial charge in [-0.25, -0.2) is 8.78 Å². The summed E-state index contributed by atoms with van der Waals surface area (Å²) in [5, 5.41) is 0. The van der Waals surface area contributed by atoms with Crippen LogP contribution in [0.15, 0.2) is 23.8 Å². The summed E-state index contributed by atoms with van der Waals surface area (Å²) in [6.45, 7) is 0. The second-order valence-electron chi connectivity index (χ2n) is 2.73. The van der Waals surface area contributed by atoms with Crippen LogP contribution in [0.4, 0.5) is 8.78 Å². The molecule has 0 nitrogen and oxygen atoms in total. The fourth-order valence-corrected chi connectivity index (χ4v) is 0.885. The summed E-state index contributed by atoms with van der Waals surface area (Å²) in [4.78, 5) is 0. The standard InChI is InChI=1S/C5H7F.C4H5F/c6-5-3-1-2-4-5;5-4-2-1-3-4/h3H,1-2,4H2;2H,1,3H2. The fraction of sp³-hybridized carbons (Fsp3) is 0.556. The molecule has 0 saturated heterocycles. The minimum absolute atomic E-state index is 0.0602. The van der Waals surface area contributed by atoms with Crippen molar-refractivity contribution in [1.82, 2.24) is 0 Å². The molecule has 2 aliphatic carbocycles. The molecule has 2 aliphatic rings. The maximum absolute atomic E-state index is 11.8. The highest BCUT2D eigenvalue weighted by Crippen LogP contribution is 2.17. The molecule has 0 atom stereocenters. The van der Waals surface area contributed by atoms with Gasteiger partial charge in [0.1, 0.15) is 0 Å². The molecule has 0 heterocycles. The lowest BCUT2D eigenvalue weighted by molar-refractivity contribution is 0.547. The van der Waals surface area contributed by atoms with Crippen LogP contribution in [0.2, 0.25) is 0 Å². The van der Waals surface area contributed by atoms with Gasteiger partial charge < -0.3 is 0 Å². The average Bonchev–Trinajstić information content (AvgIpc) is 2.36. The van der Waals surface area contributed by atoms with E-state index in [1.54, 1.807) is 12.2 Å². The third-order valence-electron chi connectivity index (χ3n) is 1.73. The summed E-state index contributed by atoms with van der Waals surface area (Å²) < 4.78 is 23.2. The lowest BCUT2D eigenvalue weighted by Gasteiger charge is -2.00. The molecule has 0 fully saturated rings. The van der Waals surface area contributed by atoms with Gasteiger partial charge in [0.15, 0.2) is 0 Å².